The molecular weight excluding hydrogens is 326 g/mol. The standard InChI is InChI=1S/C23H22ClN/c1-17(18-11-13-20(24)14-12-18)23-22-10-6-5-7-19(22)15-16-25(23)21-8-3-2-4-9-21/h2-14,17,23H,15-16H2,1H3. The van der Waals surface area contributed by atoms with Gasteiger partial charge in [-0.25, -0.2) is 0 Å². The predicted octanol–water partition coefficient (Wildman–Crippen LogP) is 6.25. The molecule has 0 aromatic heterocycles. The Hall–Kier alpha value is -2.25. The van der Waals surface area contributed by atoms with Crippen LogP contribution in [0.15, 0.2) is 78.9 Å². The van der Waals surface area contributed by atoms with Gasteiger partial charge in [0.25, 0.3) is 0 Å². The van der Waals surface area contributed by atoms with Crippen molar-refractivity contribution in [2.24, 2.45) is 0 Å². The summed E-state index contributed by atoms with van der Waals surface area (Å²) >= 11 is 6.10. The minimum Gasteiger partial charge on any atom is -0.364 e. The average molecular weight is 348 g/mol. The van der Waals surface area contributed by atoms with Gasteiger partial charge in [-0.05, 0) is 47.4 Å². The van der Waals surface area contributed by atoms with E-state index in [9.17, 15) is 0 Å². The molecule has 0 saturated carbocycles. The number of hydrogen-bond acceptors (Lipinski definition) is 1. The van der Waals surface area contributed by atoms with E-state index < -0.39 is 0 Å². The van der Waals surface area contributed by atoms with Crippen molar-refractivity contribution in [1.82, 2.24) is 0 Å². The molecule has 3 aromatic rings. The smallest absolute Gasteiger partial charge is 0.0611 e. The Morgan fingerprint density at radius 2 is 1.56 bits per heavy atom. The third kappa shape index (κ3) is 3.17. The van der Waals surface area contributed by atoms with E-state index in [-0.39, 0.29) is 0 Å². The van der Waals surface area contributed by atoms with E-state index in [4.69, 9.17) is 11.6 Å². The lowest BCUT2D eigenvalue weighted by atomic mass is 9.82. The Kier molecular flexibility index (Phi) is 4.50. The summed E-state index contributed by atoms with van der Waals surface area (Å²) < 4.78 is 0. The van der Waals surface area contributed by atoms with Gasteiger partial charge in [0.05, 0.1) is 6.04 Å². The van der Waals surface area contributed by atoms with Gasteiger partial charge in [0.2, 0.25) is 0 Å². The molecule has 0 saturated heterocycles. The van der Waals surface area contributed by atoms with E-state index in [1.807, 2.05) is 12.1 Å². The summed E-state index contributed by atoms with van der Waals surface area (Å²) in [7, 11) is 0. The number of para-hydroxylation sites is 1. The molecule has 0 fully saturated rings. The summed E-state index contributed by atoms with van der Waals surface area (Å²) in [5.41, 5.74) is 5.54. The minimum absolute atomic E-state index is 0.327. The second kappa shape index (κ2) is 6.93. The topological polar surface area (TPSA) is 3.24 Å². The van der Waals surface area contributed by atoms with Crippen molar-refractivity contribution >= 4 is 17.3 Å². The van der Waals surface area contributed by atoms with Crippen molar-refractivity contribution < 1.29 is 0 Å². The van der Waals surface area contributed by atoms with Crippen LogP contribution in [-0.2, 0) is 6.42 Å². The highest BCUT2D eigenvalue weighted by molar-refractivity contribution is 6.30. The number of benzene rings is 3. The highest BCUT2D eigenvalue weighted by atomic mass is 35.5. The summed E-state index contributed by atoms with van der Waals surface area (Å²) in [6.07, 6.45) is 1.09. The molecule has 1 aliphatic rings. The number of anilines is 1. The summed E-state index contributed by atoms with van der Waals surface area (Å²) in [6.45, 7) is 3.37. The Labute approximate surface area is 154 Å². The molecule has 1 heterocycles. The fourth-order valence-corrected chi connectivity index (χ4v) is 4.12. The lowest BCUT2D eigenvalue weighted by Gasteiger charge is -2.42. The van der Waals surface area contributed by atoms with Gasteiger partial charge in [-0.15, -0.1) is 0 Å². The van der Waals surface area contributed by atoms with E-state index in [0.717, 1.165) is 18.0 Å². The molecule has 0 amide bonds. The summed E-state index contributed by atoms with van der Waals surface area (Å²) in [5.74, 6) is 0.374. The highest BCUT2D eigenvalue weighted by Gasteiger charge is 2.32. The highest BCUT2D eigenvalue weighted by Crippen LogP contribution is 2.42. The number of rotatable bonds is 3. The third-order valence-electron chi connectivity index (χ3n) is 5.29. The predicted molar refractivity (Wildman–Crippen MR) is 107 cm³/mol. The molecule has 2 heteroatoms. The number of halogens is 1. The fourth-order valence-electron chi connectivity index (χ4n) is 4.00. The molecule has 0 N–H and O–H groups in total. The zero-order valence-electron chi connectivity index (χ0n) is 14.4. The van der Waals surface area contributed by atoms with Crippen molar-refractivity contribution in [2.45, 2.75) is 25.3 Å². The minimum atomic E-state index is 0.327. The maximum atomic E-state index is 6.10. The van der Waals surface area contributed by atoms with Crippen LogP contribution in [0.4, 0.5) is 5.69 Å². The zero-order chi connectivity index (χ0) is 17.2. The summed E-state index contributed by atoms with van der Waals surface area (Å²) in [5, 5.41) is 0.792. The van der Waals surface area contributed by atoms with E-state index in [1.54, 1.807) is 0 Å². The molecule has 3 aromatic carbocycles. The Morgan fingerprint density at radius 1 is 0.880 bits per heavy atom. The van der Waals surface area contributed by atoms with Crippen LogP contribution in [0.3, 0.4) is 0 Å². The molecule has 2 atom stereocenters. The van der Waals surface area contributed by atoms with Gasteiger partial charge in [-0.1, -0.05) is 73.1 Å². The van der Waals surface area contributed by atoms with Crippen molar-refractivity contribution in [3.8, 4) is 0 Å². The van der Waals surface area contributed by atoms with Crippen LogP contribution in [0.2, 0.25) is 5.02 Å². The fraction of sp³-hybridized carbons (Fsp3) is 0.217. The van der Waals surface area contributed by atoms with Crippen LogP contribution in [0.1, 0.15) is 35.6 Å². The second-order valence-electron chi connectivity index (χ2n) is 6.76. The Balaban J connectivity index is 1.79. The molecule has 0 bridgehead atoms. The third-order valence-corrected chi connectivity index (χ3v) is 5.54. The SMILES string of the molecule is CC(c1ccc(Cl)cc1)C1c2ccccc2CCN1c1ccccc1. The summed E-state index contributed by atoms with van der Waals surface area (Å²) in [6, 6.07) is 28.3. The molecule has 1 nitrogen and oxygen atoms in total. The molecule has 0 spiro atoms. The van der Waals surface area contributed by atoms with Crippen LogP contribution in [0.5, 0.6) is 0 Å². The van der Waals surface area contributed by atoms with Crippen LogP contribution in [-0.4, -0.2) is 6.54 Å². The first-order valence-electron chi connectivity index (χ1n) is 8.89. The molecule has 0 radical (unpaired) electrons. The van der Waals surface area contributed by atoms with Crippen LogP contribution >= 0.6 is 11.6 Å². The maximum Gasteiger partial charge on any atom is 0.0611 e. The van der Waals surface area contributed by atoms with E-state index >= 15 is 0 Å². The van der Waals surface area contributed by atoms with Gasteiger partial charge in [0.1, 0.15) is 0 Å². The lowest BCUT2D eigenvalue weighted by molar-refractivity contribution is 0.509. The second-order valence-corrected chi connectivity index (χ2v) is 7.20. The van der Waals surface area contributed by atoms with Gasteiger partial charge >= 0.3 is 0 Å². The molecule has 126 valence electrons. The van der Waals surface area contributed by atoms with Crippen molar-refractivity contribution in [2.75, 3.05) is 11.4 Å². The zero-order valence-corrected chi connectivity index (χ0v) is 15.2. The average Bonchev–Trinajstić information content (AvgIpc) is 2.68. The van der Waals surface area contributed by atoms with Gasteiger partial charge in [-0.2, -0.15) is 0 Å². The van der Waals surface area contributed by atoms with E-state index in [0.29, 0.717) is 12.0 Å². The van der Waals surface area contributed by atoms with Crippen molar-refractivity contribution in [3.05, 3.63) is 101 Å². The monoisotopic (exact) mass is 347 g/mol. The first-order valence-corrected chi connectivity index (χ1v) is 9.27. The number of nitrogens with zero attached hydrogens (tertiary/aromatic N) is 1. The van der Waals surface area contributed by atoms with E-state index in [2.05, 4.69) is 78.6 Å². The van der Waals surface area contributed by atoms with Gasteiger partial charge in [0, 0.05) is 23.2 Å². The molecule has 2 unspecified atom stereocenters. The maximum absolute atomic E-state index is 6.10. The molecule has 25 heavy (non-hydrogen) atoms. The Bertz CT molecular complexity index is 841. The Morgan fingerprint density at radius 3 is 2.32 bits per heavy atom. The quantitative estimate of drug-likeness (QED) is 0.541. The normalized spacial score (nSPS) is 17.8. The molecule has 4 rings (SSSR count). The molecule has 0 aliphatic carbocycles. The molecular formula is C23H22ClN. The van der Waals surface area contributed by atoms with Crippen LogP contribution in [0, 0.1) is 0 Å². The lowest BCUT2D eigenvalue weighted by Crippen LogP contribution is -2.38. The first kappa shape index (κ1) is 16.2. The number of hydrogen-bond donors (Lipinski definition) is 0. The molecule has 1 aliphatic heterocycles. The van der Waals surface area contributed by atoms with Gasteiger partial charge in [0.15, 0.2) is 0 Å². The van der Waals surface area contributed by atoms with Gasteiger partial charge in [-0.3, -0.25) is 0 Å². The van der Waals surface area contributed by atoms with E-state index in [1.165, 1.54) is 22.4 Å². The van der Waals surface area contributed by atoms with Crippen LogP contribution in [0.25, 0.3) is 0 Å². The largest absolute Gasteiger partial charge is 0.364 e. The van der Waals surface area contributed by atoms with Crippen molar-refractivity contribution in [1.29, 1.82) is 0 Å². The summed E-state index contributed by atoms with van der Waals surface area (Å²) in [4.78, 5) is 2.56. The first-order chi connectivity index (χ1) is 12.2. The van der Waals surface area contributed by atoms with Crippen molar-refractivity contribution in [3.63, 3.8) is 0 Å². The van der Waals surface area contributed by atoms with Gasteiger partial charge < -0.3 is 4.90 Å². The van der Waals surface area contributed by atoms with Crippen LogP contribution < -0.4 is 4.90 Å². The number of fused-ring (bicyclic) bond motifs is 1.